The number of hydrogen-bond donors (Lipinski definition) is 0. The Morgan fingerprint density at radius 2 is 2.57 bits per heavy atom. The predicted octanol–water partition coefficient (Wildman–Crippen LogP) is 2.01. The van der Waals surface area contributed by atoms with Crippen LogP contribution in [0.25, 0.3) is 0 Å². The van der Waals surface area contributed by atoms with Crippen molar-refractivity contribution in [3.05, 3.63) is 16.6 Å². The Morgan fingerprint density at radius 3 is 3.21 bits per heavy atom. The topological polar surface area (TPSA) is 16.1 Å². The third kappa shape index (κ3) is 2.58. The van der Waals surface area contributed by atoms with Crippen LogP contribution in [0.4, 0.5) is 0 Å². The van der Waals surface area contributed by atoms with Crippen molar-refractivity contribution in [1.82, 2.24) is 9.79 Å². The minimum Gasteiger partial charge on any atom is -0.351 e. The van der Waals surface area contributed by atoms with Crippen LogP contribution in [0.3, 0.4) is 0 Å². The molecule has 0 spiro atoms. The largest absolute Gasteiger partial charge is 0.351 e. The monoisotopic (exact) mass is 206 g/mol. The van der Waals surface area contributed by atoms with Gasteiger partial charge >= 0.3 is 0 Å². The van der Waals surface area contributed by atoms with Crippen LogP contribution in [-0.4, -0.2) is 30.4 Å². The van der Waals surface area contributed by atoms with Crippen molar-refractivity contribution >= 4 is 19.3 Å². The molecule has 1 aromatic heterocycles. The summed E-state index contributed by atoms with van der Waals surface area (Å²) in [4.78, 5) is 6.27. The van der Waals surface area contributed by atoms with Crippen LogP contribution < -0.4 is 0 Å². The van der Waals surface area contributed by atoms with Crippen LogP contribution in [0.5, 0.6) is 0 Å². The minimum absolute atomic E-state index is 0.620. The Labute approximate surface area is 90.8 Å². The maximum absolute atomic E-state index is 5.86. The van der Waals surface area contributed by atoms with Gasteiger partial charge in [0.15, 0.2) is 7.98 Å². The summed E-state index contributed by atoms with van der Waals surface area (Å²) in [5.74, 6) is 0. The van der Waals surface area contributed by atoms with Gasteiger partial charge in [-0.05, 0) is 44.7 Å². The molecule has 0 N–H and O–H groups in total. The standard InChI is InChI=1S/C10H15BN2S/c11-13-7-2-4-9(13)3-1-5-10-12-6-8-14-10/h6,8-9H,1-5,7H2. The number of aryl methyl sites for hydroxylation is 1. The van der Waals surface area contributed by atoms with E-state index >= 15 is 0 Å². The summed E-state index contributed by atoms with van der Waals surface area (Å²) in [7, 11) is 5.86. The molecule has 0 saturated carbocycles. The lowest BCUT2D eigenvalue weighted by Gasteiger charge is -2.19. The second kappa shape index (κ2) is 4.94. The molecule has 0 bridgehead atoms. The van der Waals surface area contributed by atoms with Gasteiger partial charge in [-0.1, -0.05) is 0 Å². The molecular weight excluding hydrogens is 191 g/mol. The number of hydrogen-bond acceptors (Lipinski definition) is 3. The van der Waals surface area contributed by atoms with Crippen molar-refractivity contribution in [3.63, 3.8) is 0 Å². The van der Waals surface area contributed by atoms with Crippen LogP contribution in [0.1, 0.15) is 30.7 Å². The van der Waals surface area contributed by atoms with Gasteiger partial charge in [0.1, 0.15) is 0 Å². The molecule has 14 heavy (non-hydrogen) atoms. The molecule has 1 unspecified atom stereocenters. The lowest BCUT2D eigenvalue weighted by Crippen LogP contribution is -2.26. The van der Waals surface area contributed by atoms with Gasteiger partial charge in [0.05, 0.1) is 5.01 Å². The second-order valence-corrected chi connectivity index (χ2v) is 4.83. The number of aromatic nitrogens is 1. The molecule has 1 saturated heterocycles. The Hall–Kier alpha value is -0.345. The van der Waals surface area contributed by atoms with Crippen LogP contribution in [0.15, 0.2) is 11.6 Å². The summed E-state index contributed by atoms with van der Waals surface area (Å²) in [6.45, 7) is 1.07. The highest BCUT2D eigenvalue weighted by Crippen LogP contribution is 2.20. The van der Waals surface area contributed by atoms with Crippen molar-refractivity contribution < 1.29 is 0 Å². The van der Waals surface area contributed by atoms with E-state index in [-0.39, 0.29) is 0 Å². The van der Waals surface area contributed by atoms with Gasteiger partial charge in [-0.25, -0.2) is 4.98 Å². The van der Waals surface area contributed by atoms with E-state index in [2.05, 4.69) is 4.98 Å². The van der Waals surface area contributed by atoms with E-state index in [1.165, 1.54) is 30.7 Å². The molecule has 4 heteroatoms. The van der Waals surface area contributed by atoms with Gasteiger partial charge in [0, 0.05) is 11.6 Å². The first kappa shape index (κ1) is 10.2. The second-order valence-electron chi connectivity index (χ2n) is 3.85. The van der Waals surface area contributed by atoms with E-state index in [1.807, 2.05) is 16.4 Å². The fourth-order valence-electron chi connectivity index (χ4n) is 2.03. The zero-order valence-electron chi connectivity index (χ0n) is 8.35. The lowest BCUT2D eigenvalue weighted by molar-refractivity contribution is 0.388. The summed E-state index contributed by atoms with van der Waals surface area (Å²) in [5, 5.41) is 3.30. The average molecular weight is 206 g/mol. The fraction of sp³-hybridized carbons (Fsp3) is 0.700. The Kier molecular flexibility index (Phi) is 3.59. The first-order valence-corrected chi connectivity index (χ1v) is 6.14. The van der Waals surface area contributed by atoms with E-state index in [9.17, 15) is 0 Å². The van der Waals surface area contributed by atoms with Crippen molar-refractivity contribution in [2.24, 2.45) is 0 Å². The zero-order valence-corrected chi connectivity index (χ0v) is 9.17. The molecule has 1 aromatic rings. The Morgan fingerprint density at radius 1 is 1.64 bits per heavy atom. The molecule has 1 fully saturated rings. The van der Waals surface area contributed by atoms with Crippen LogP contribution in [-0.2, 0) is 6.42 Å². The van der Waals surface area contributed by atoms with Gasteiger partial charge in [-0.15, -0.1) is 11.3 Å². The molecule has 2 radical (unpaired) electrons. The van der Waals surface area contributed by atoms with Gasteiger partial charge in [-0.2, -0.15) is 0 Å². The van der Waals surface area contributed by atoms with Gasteiger partial charge in [0.25, 0.3) is 0 Å². The van der Waals surface area contributed by atoms with Crippen LogP contribution >= 0.6 is 11.3 Å². The maximum atomic E-state index is 5.86. The summed E-state index contributed by atoms with van der Waals surface area (Å²) in [5.41, 5.74) is 0. The Balaban J connectivity index is 1.68. The smallest absolute Gasteiger partial charge is 0.182 e. The minimum atomic E-state index is 0.620. The van der Waals surface area contributed by atoms with Crippen molar-refractivity contribution in [1.29, 1.82) is 0 Å². The third-order valence-electron chi connectivity index (χ3n) is 2.83. The van der Waals surface area contributed by atoms with E-state index in [0.29, 0.717) is 6.04 Å². The molecular formula is C10H15BN2S. The third-order valence-corrected chi connectivity index (χ3v) is 3.67. The first-order chi connectivity index (χ1) is 6.86. The van der Waals surface area contributed by atoms with Crippen molar-refractivity contribution in [2.45, 2.75) is 38.1 Å². The van der Waals surface area contributed by atoms with E-state index in [0.717, 1.165) is 13.0 Å². The quantitative estimate of drug-likeness (QED) is 0.700. The molecule has 1 aliphatic heterocycles. The molecule has 74 valence electrons. The van der Waals surface area contributed by atoms with E-state index < -0.39 is 0 Å². The summed E-state index contributed by atoms with van der Waals surface area (Å²) >= 11 is 1.75. The SMILES string of the molecule is [B]N1CCCC1CCCc1nccs1. The molecule has 0 aromatic carbocycles. The van der Waals surface area contributed by atoms with Gasteiger partial charge < -0.3 is 4.81 Å². The molecule has 0 amide bonds. The highest BCUT2D eigenvalue weighted by Gasteiger charge is 2.19. The van der Waals surface area contributed by atoms with Gasteiger partial charge in [-0.3, -0.25) is 0 Å². The molecule has 2 rings (SSSR count). The average Bonchev–Trinajstić information content (AvgIpc) is 2.78. The maximum Gasteiger partial charge on any atom is 0.182 e. The summed E-state index contributed by atoms with van der Waals surface area (Å²) in [6, 6.07) is 0.620. The van der Waals surface area contributed by atoms with Crippen molar-refractivity contribution in [3.8, 4) is 0 Å². The van der Waals surface area contributed by atoms with Gasteiger partial charge in [0.2, 0.25) is 0 Å². The van der Waals surface area contributed by atoms with E-state index in [1.54, 1.807) is 11.3 Å². The summed E-state index contributed by atoms with van der Waals surface area (Å²) in [6.07, 6.45) is 7.96. The molecule has 1 aliphatic rings. The normalized spacial score (nSPS) is 23.0. The van der Waals surface area contributed by atoms with E-state index in [4.69, 9.17) is 7.98 Å². The van der Waals surface area contributed by atoms with Crippen LogP contribution in [0, 0.1) is 0 Å². The summed E-state index contributed by atoms with van der Waals surface area (Å²) < 4.78 is 0. The molecule has 1 atom stereocenters. The molecule has 2 heterocycles. The number of thiazole rings is 1. The van der Waals surface area contributed by atoms with Crippen molar-refractivity contribution in [2.75, 3.05) is 6.54 Å². The first-order valence-electron chi connectivity index (χ1n) is 5.26. The predicted molar refractivity (Wildman–Crippen MR) is 60.5 cm³/mol. The molecule has 2 nitrogen and oxygen atoms in total. The zero-order chi connectivity index (χ0) is 9.80. The highest BCUT2D eigenvalue weighted by molar-refractivity contribution is 7.09. The molecule has 0 aliphatic carbocycles. The lowest BCUT2D eigenvalue weighted by atomic mass is 10.1. The fourth-order valence-corrected chi connectivity index (χ4v) is 2.70. The highest BCUT2D eigenvalue weighted by atomic mass is 32.1. The number of rotatable bonds is 4. The Bertz CT molecular complexity index is 263. The number of nitrogens with zero attached hydrogens (tertiary/aromatic N) is 2. The van der Waals surface area contributed by atoms with Crippen LogP contribution in [0.2, 0.25) is 0 Å².